The summed E-state index contributed by atoms with van der Waals surface area (Å²) in [5, 5.41) is 4.68. The van der Waals surface area contributed by atoms with Crippen LogP contribution < -0.4 is 19.6 Å². The van der Waals surface area contributed by atoms with Crippen molar-refractivity contribution in [3.63, 3.8) is 0 Å². The Hall–Kier alpha value is -3.51. The zero-order valence-electron chi connectivity index (χ0n) is 17.3. The van der Waals surface area contributed by atoms with E-state index in [1.54, 1.807) is 32.6 Å². The highest BCUT2D eigenvalue weighted by Crippen LogP contribution is 2.28. The third-order valence-corrected chi connectivity index (χ3v) is 4.63. The van der Waals surface area contributed by atoms with Crippen LogP contribution in [0.3, 0.4) is 0 Å². The van der Waals surface area contributed by atoms with Crippen molar-refractivity contribution in [2.45, 2.75) is 13.0 Å². The van der Waals surface area contributed by atoms with Gasteiger partial charge in [0.05, 0.1) is 26.9 Å². The van der Waals surface area contributed by atoms with Crippen LogP contribution in [0.15, 0.2) is 71.8 Å². The van der Waals surface area contributed by atoms with Crippen molar-refractivity contribution in [1.29, 1.82) is 0 Å². The average molecular weight is 439 g/mol. The van der Waals surface area contributed by atoms with Gasteiger partial charge in [0, 0.05) is 5.02 Å². The van der Waals surface area contributed by atoms with Crippen molar-refractivity contribution in [1.82, 2.24) is 5.43 Å². The van der Waals surface area contributed by atoms with Gasteiger partial charge in [-0.25, -0.2) is 5.43 Å². The first-order chi connectivity index (χ1) is 15.1. The Bertz CT molecular complexity index is 1050. The standard InChI is InChI=1S/C24H23ClN2O4/c1-29-21-9-6-17(7-10-21)14-24(28)27-26-15-18-8-11-22(23(13-18)30-2)31-16-19-4-3-5-20(25)12-19/h3-13,15H,14,16H2,1-2H3,(H,27,28)/b26-15-. The number of ether oxygens (including phenoxy) is 3. The van der Waals surface area contributed by atoms with Gasteiger partial charge in [0.25, 0.3) is 0 Å². The molecule has 160 valence electrons. The SMILES string of the molecule is COc1ccc(CC(=O)N/N=C\c2ccc(OCc3cccc(Cl)c3)c(OC)c2)cc1. The molecule has 0 saturated carbocycles. The van der Waals surface area contributed by atoms with Crippen LogP contribution in [0.1, 0.15) is 16.7 Å². The minimum absolute atomic E-state index is 0.213. The van der Waals surface area contributed by atoms with Gasteiger partial charge in [-0.3, -0.25) is 4.79 Å². The van der Waals surface area contributed by atoms with E-state index < -0.39 is 0 Å². The molecule has 0 aromatic heterocycles. The largest absolute Gasteiger partial charge is 0.497 e. The molecule has 7 heteroatoms. The quantitative estimate of drug-likeness (QED) is 0.390. The van der Waals surface area contributed by atoms with Gasteiger partial charge in [0.1, 0.15) is 12.4 Å². The summed E-state index contributed by atoms with van der Waals surface area (Å²) in [7, 11) is 3.17. The lowest BCUT2D eigenvalue weighted by atomic mass is 10.1. The van der Waals surface area contributed by atoms with Crippen LogP contribution in [0, 0.1) is 0 Å². The van der Waals surface area contributed by atoms with E-state index in [1.165, 1.54) is 0 Å². The first-order valence-electron chi connectivity index (χ1n) is 9.57. The molecule has 0 radical (unpaired) electrons. The lowest BCUT2D eigenvalue weighted by Crippen LogP contribution is -2.19. The first-order valence-corrected chi connectivity index (χ1v) is 9.95. The summed E-state index contributed by atoms with van der Waals surface area (Å²) in [6.45, 7) is 0.367. The van der Waals surface area contributed by atoms with E-state index in [1.807, 2.05) is 54.6 Å². The van der Waals surface area contributed by atoms with Gasteiger partial charge >= 0.3 is 0 Å². The molecule has 3 aromatic rings. The number of nitrogens with one attached hydrogen (secondary N) is 1. The molecular weight excluding hydrogens is 416 g/mol. The molecule has 0 bridgehead atoms. The van der Waals surface area contributed by atoms with E-state index in [9.17, 15) is 4.79 Å². The molecule has 3 rings (SSSR count). The summed E-state index contributed by atoms with van der Waals surface area (Å²) in [5.41, 5.74) is 5.12. The van der Waals surface area contributed by atoms with Crippen LogP contribution in [0.5, 0.6) is 17.2 Å². The predicted molar refractivity (Wildman–Crippen MR) is 121 cm³/mol. The molecule has 0 fully saturated rings. The van der Waals surface area contributed by atoms with Crippen LogP contribution in [-0.4, -0.2) is 26.3 Å². The van der Waals surface area contributed by atoms with Crippen LogP contribution >= 0.6 is 11.6 Å². The Morgan fingerprint density at radius 2 is 1.77 bits per heavy atom. The van der Waals surface area contributed by atoms with Crippen molar-refractivity contribution in [2.24, 2.45) is 5.10 Å². The van der Waals surface area contributed by atoms with Crippen molar-refractivity contribution in [3.05, 3.63) is 88.4 Å². The summed E-state index contributed by atoms with van der Waals surface area (Å²) in [6.07, 6.45) is 1.77. The Labute approximate surface area is 186 Å². The molecule has 0 saturated heterocycles. The molecule has 0 aliphatic heterocycles. The minimum atomic E-state index is -0.213. The van der Waals surface area contributed by atoms with Gasteiger partial charge in [0.15, 0.2) is 11.5 Å². The topological polar surface area (TPSA) is 69.2 Å². The molecular formula is C24H23ClN2O4. The Kier molecular flexibility index (Phi) is 7.90. The highest BCUT2D eigenvalue weighted by atomic mass is 35.5. The Morgan fingerprint density at radius 3 is 2.48 bits per heavy atom. The van der Waals surface area contributed by atoms with E-state index in [-0.39, 0.29) is 12.3 Å². The summed E-state index contributed by atoms with van der Waals surface area (Å²) in [6, 6.07) is 20.2. The van der Waals surface area contributed by atoms with Crippen LogP contribution in [-0.2, 0) is 17.8 Å². The van der Waals surface area contributed by atoms with Crippen molar-refractivity contribution < 1.29 is 19.0 Å². The number of nitrogens with zero attached hydrogens (tertiary/aromatic N) is 1. The van der Waals surface area contributed by atoms with Crippen molar-refractivity contribution in [2.75, 3.05) is 14.2 Å². The lowest BCUT2D eigenvalue weighted by molar-refractivity contribution is -0.120. The fourth-order valence-electron chi connectivity index (χ4n) is 2.82. The van der Waals surface area contributed by atoms with Gasteiger partial charge in [-0.2, -0.15) is 5.10 Å². The lowest BCUT2D eigenvalue weighted by Gasteiger charge is -2.11. The number of carbonyl (C=O) groups excluding carboxylic acids is 1. The van der Waals surface area contributed by atoms with E-state index >= 15 is 0 Å². The summed E-state index contributed by atoms with van der Waals surface area (Å²) >= 11 is 6.00. The second-order valence-electron chi connectivity index (χ2n) is 6.65. The molecule has 6 nitrogen and oxygen atoms in total. The number of rotatable bonds is 9. The first kappa shape index (κ1) is 22.2. The van der Waals surface area contributed by atoms with Crippen LogP contribution in [0.4, 0.5) is 0 Å². The Balaban J connectivity index is 1.55. The molecule has 1 amide bonds. The minimum Gasteiger partial charge on any atom is -0.497 e. The maximum absolute atomic E-state index is 12.1. The maximum atomic E-state index is 12.1. The molecule has 0 aliphatic rings. The van der Waals surface area contributed by atoms with Gasteiger partial charge in [-0.1, -0.05) is 35.9 Å². The number of hydrogen-bond donors (Lipinski definition) is 1. The van der Waals surface area contributed by atoms with E-state index in [0.29, 0.717) is 23.1 Å². The fraction of sp³-hybridized carbons (Fsp3) is 0.167. The van der Waals surface area contributed by atoms with E-state index in [4.69, 9.17) is 25.8 Å². The summed E-state index contributed by atoms with van der Waals surface area (Å²) in [4.78, 5) is 12.1. The molecule has 0 spiro atoms. The second-order valence-corrected chi connectivity index (χ2v) is 7.08. The summed E-state index contributed by atoms with van der Waals surface area (Å²) < 4.78 is 16.4. The molecule has 1 N–H and O–H groups in total. The van der Waals surface area contributed by atoms with Crippen molar-refractivity contribution >= 4 is 23.7 Å². The Morgan fingerprint density at radius 1 is 0.968 bits per heavy atom. The average Bonchev–Trinajstić information content (AvgIpc) is 2.78. The number of carbonyl (C=O) groups is 1. The smallest absolute Gasteiger partial charge is 0.244 e. The highest BCUT2D eigenvalue weighted by molar-refractivity contribution is 6.30. The number of benzene rings is 3. The monoisotopic (exact) mass is 438 g/mol. The van der Waals surface area contributed by atoms with E-state index in [2.05, 4.69) is 10.5 Å². The molecule has 0 atom stereocenters. The zero-order valence-corrected chi connectivity index (χ0v) is 18.1. The van der Waals surface area contributed by atoms with Gasteiger partial charge in [-0.15, -0.1) is 0 Å². The van der Waals surface area contributed by atoms with Gasteiger partial charge in [-0.05, 0) is 59.2 Å². The number of methoxy groups -OCH3 is 2. The third kappa shape index (κ3) is 6.76. The third-order valence-electron chi connectivity index (χ3n) is 4.40. The predicted octanol–water partition coefficient (Wildman–Crippen LogP) is 4.63. The van der Waals surface area contributed by atoms with Crippen LogP contribution in [0.2, 0.25) is 5.02 Å². The molecule has 0 unspecified atom stereocenters. The number of halogens is 1. The number of hydrogen-bond acceptors (Lipinski definition) is 5. The van der Waals surface area contributed by atoms with Crippen molar-refractivity contribution in [3.8, 4) is 17.2 Å². The highest BCUT2D eigenvalue weighted by Gasteiger charge is 2.07. The molecule has 0 heterocycles. The maximum Gasteiger partial charge on any atom is 0.244 e. The van der Waals surface area contributed by atoms with E-state index in [0.717, 1.165) is 22.4 Å². The number of amides is 1. The fourth-order valence-corrected chi connectivity index (χ4v) is 3.03. The van der Waals surface area contributed by atoms with Gasteiger partial charge in [0.2, 0.25) is 5.91 Å². The molecule has 3 aromatic carbocycles. The normalized spacial score (nSPS) is 10.7. The van der Waals surface area contributed by atoms with Crippen LogP contribution in [0.25, 0.3) is 0 Å². The molecule has 0 aliphatic carbocycles. The number of hydrazone groups is 1. The molecule has 31 heavy (non-hydrogen) atoms. The summed E-state index contributed by atoms with van der Waals surface area (Å²) in [5.74, 6) is 1.70. The van der Waals surface area contributed by atoms with Gasteiger partial charge < -0.3 is 14.2 Å². The zero-order chi connectivity index (χ0) is 22.1. The second kappa shape index (κ2) is 11.0.